The Labute approximate surface area is 143 Å². The maximum absolute atomic E-state index is 4.61. The summed E-state index contributed by atoms with van der Waals surface area (Å²) >= 11 is 0. The molecule has 1 saturated heterocycles. The summed E-state index contributed by atoms with van der Waals surface area (Å²) in [6.07, 6.45) is 11.9. The number of hydrogen-bond donors (Lipinski definition) is 1. The molecule has 0 aromatic carbocycles. The summed E-state index contributed by atoms with van der Waals surface area (Å²) in [5.74, 6) is 1.18. The molecule has 3 heterocycles. The third-order valence-corrected chi connectivity index (χ3v) is 5.96. The van der Waals surface area contributed by atoms with E-state index in [9.17, 15) is 0 Å². The van der Waals surface area contributed by atoms with Crippen LogP contribution in [0.15, 0.2) is 24.9 Å². The number of hydrogen-bond acceptors (Lipinski definition) is 4. The summed E-state index contributed by atoms with van der Waals surface area (Å²) in [6, 6.07) is 0.677. The zero-order valence-electron chi connectivity index (χ0n) is 14.8. The minimum Gasteiger partial charge on any atom is -0.337 e. The second kappa shape index (κ2) is 6.33. The van der Waals surface area contributed by atoms with E-state index >= 15 is 0 Å². The summed E-state index contributed by atoms with van der Waals surface area (Å²) in [4.78, 5) is 11.5. The van der Waals surface area contributed by atoms with Crippen molar-refractivity contribution in [3.63, 3.8) is 0 Å². The first-order chi connectivity index (χ1) is 11.7. The summed E-state index contributed by atoms with van der Waals surface area (Å²) in [6.45, 7) is 7.37. The van der Waals surface area contributed by atoms with Crippen molar-refractivity contribution in [2.75, 3.05) is 13.1 Å². The van der Waals surface area contributed by atoms with Gasteiger partial charge >= 0.3 is 0 Å². The second-order valence-electron chi connectivity index (χ2n) is 7.36. The number of rotatable bonds is 6. The number of nitrogens with one attached hydrogen (secondary N) is 1. The molecule has 1 N–H and O–H groups in total. The standard InChI is InChI=1S/C18H28N6/c1-3-23-9-8-21-17(23)13-24(12-15-11-20-14-22(15)2)16-10-18(16)4-6-19-7-5-18/h8-9,11,14,16,19H,3-7,10,12-13H2,1-2H3/t16-/m0/s1. The third kappa shape index (κ3) is 2.89. The Morgan fingerprint density at radius 1 is 1.33 bits per heavy atom. The fourth-order valence-electron chi connectivity index (χ4n) is 4.29. The first kappa shape index (κ1) is 15.8. The highest BCUT2D eigenvalue weighted by atomic mass is 15.3. The van der Waals surface area contributed by atoms with Gasteiger partial charge in [-0.3, -0.25) is 4.90 Å². The lowest BCUT2D eigenvalue weighted by Crippen LogP contribution is -2.36. The number of nitrogens with zero attached hydrogens (tertiary/aromatic N) is 5. The maximum atomic E-state index is 4.61. The number of aromatic nitrogens is 4. The van der Waals surface area contributed by atoms with Crippen molar-refractivity contribution < 1.29 is 0 Å². The van der Waals surface area contributed by atoms with Crippen molar-refractivity contribution in [1.82, 2.24) is 29.3 Å². The molecule has 2 aliphatic rings. The van der Waals surface area contributed by atoms with Gasteiger partial charge < -0.3 is 14.5 Å². The minimum absolute atomic E-state index is 0.535. The number of imidazole rings is 2. The van der Waals surface area contributed by atoms with Crippen LogP contribution in [0.1, 0.15) is 37.7 Å². The molecular weight excluding hydrogens is 300 g/mol. The second-order valence-corrected chi connectivity index (χ2v) is 7.36. The average molecular weight is 328 g/mol. The van der Waals surface area contributed by atoms with Crippen LogP contribution in [0.4, 0.5) is 0 Å². The van der Waals surface area contributed by atoms with Crippen LogP contribution in [0.2, 0.25) is 0 Å². The summed E-state index contributed by atoms with van der Waals surface area (Å²) in [5, 5.41) is 3.51. The van der Waals surface area contributed by atoms with Gasteiger partial charge in [0.05, 0.1) is 18.6 Å². The van der Waals surface area contributed by atoms with Crippen molar-refractivity contribution in [3.8, 4) is 0 Å². The molecule has 6 nitrogen and oxygen atoms in total. The van der Waals surface area contributed by atoms with E-state index in [0.29, 0.717) is 11.5 Å². The van der Waals surface area contributed by atoms with Gasteiger partial charge in [0.25, 0.3) is 0 Å². The molecule has 1 aliphatic heterocycles. The van der Waals surface area contributed by atoms with Crippen molar-refractivity contribution in [1.29, 1.82) is 0 Å². The molecule has 130 valence electrons. The highest BCUT2D eigenvalue weighted by Gasteiger charge is 2.56. The normalized spacial score (nSPS) is 22.4. The van der Waals surface area contributed by atoms with Gasteiger partial charge in [-0.05, 0) is 44.7 Å². The Hall–Kier alpha value is -1.66. The molecule has 0 radical (unpaired) electrons. The van der Waals surface area contributed by atoms with Gasteiger partial charge in [-0.25, -0.2) is 9.97 Å². The molecule has 1 spiro atoms. The molecular formula is C18H28N6. The lowest BCUT2D eigenvalue weighted by Gasteiger charge is -2.29. The van der Waals surface area contributed by atoms with E-state index in [1.165, 1.54) is 43.9 Å². The number of piperidine rings is 1. The molecule has 0 unspecified atom stereocenters. The minimum atomic E-state index is 0.535. The molecule has 0 amide bonds. The Bertz CT molecular complexity index is 681. The molecule has 2 fully saturated rings. The van der Waals surface area contributed by atoms with Crippen LogP contribution in [0.5, 0.6) is 0 Å². The van der Waals surface area contributed by atoms with Crippen LogP contribution in [-0.4, -0.2) is 43.1 Å². The quantitative estimate of drug-likeness (QED) is 0.878. The summed E-state index contributed by atoms with van der Waals surface area (Å²) < 4.78 is 4.39. The van der Waals surface area contributed by atoms with Crippen LogP contribution in [-0.2, 0) is 26.7 Å². The van der Waals surface area contributed by atoms with Crippen molar-refractivity contribution in [2.24, 2.45) is 12.5 Å². The van der Waals surface area contributed by atoms with E-state index in [2.05, 4.69) is 49.5 Å². The largest absolute Gasteiger partial charge is 0.337 e. The van der Waals surface area contributed by atoms with E-state index in [-0.39, 0.29) is 0 Å². The van der Waals surface area contributed by atoms with Gasteiger partial charge in [-0.2, -0.15) is 0 Å². The predicted octanol–water partition coefficient (Wildman–Crippen LogP) is 1.78. The Morgan fingerprint density at radius 2 is 2.17 bits per heavy atom. The summed E-state index contributed by atoms with van der Waals surface area (Å²) in [7, 11) is 2.08. The van der Waals surface area contributed by atoms with Crippen LogP contribution in [0.25, 0.3) is 0 Å². The van der Waals surface area contributed by atoms with E-state index in [1.54, 1.807) is 0 Å². The molecule has 0 bridgehead atoms. The van der Waals surface area contributed by atoms with E-state index < -0.39 is 0 Å². The van der Waals surface area contributed by atoms with Crippen molar-refractivity contribution >= 4 is 0 Å². The van der Waals surface area contributed by atoms with E-state index in [1.807, 2.05) is 18.7 Å². The van der Waals surface area contributed by atoms with Gasteiger partial charge in [-0.1, -0.05) is 0 Å². The molecule has 1 atom stereocenters. The fraction of sp³-hybridized carbons (Fsp3) is 0.667. The SMILES string of the molecule is CCn1ccnc1CN(Cc1cncn1C)[C@H]1CC12CCNCC2. The van der Waals surface area contributed by atoms with Gasteiger partial charge in [-0.15, -0.1) is 0 Å². The van der Waals surface area contributed by atoms with Crippen molar-refractivity contribution in [2.45, 2.75) is 51.9 Å². The van der Waals surface area contributed by atoms with Crippen LogP contribution in [0.3, 0.4) is 0 Å². The first-order valence-corrected chi connectivity index (χ1v) is 9.12. The molecule has 6 heteroatoms. The van der Waals surface area contributed by atoms with Crippen LogP contribution >= 0.6 is 0 Å². The number of aryl methyl sites for hydroxylation is 2. The molecule has 1 aliphatic carbocycles. The zero-order valence-corrected chi connectivity index (χ0v) is 14.8. The molecule has 2 aromatic heterocycles. The lowest BCUT2D eigenvalue weighted by molar-refractivity contribution is 0.179. The third-order valence-electron chi connectivity index (χ3n) is 5.96. The molecule has 1 saturated carbocycles. The molecule has 4 rings (SSSR count). The van der Waals surface area contributed by atoms with Crippen LogP contribution in [0, 0.1) is 5.41 Å². The molecule has 24 heavy (non-hydrogen) atoms. The molecule has 2 aromatic rings. The fourth-order valence-corrected chi connectivity index (χ4v) is 4.29. The van der Waals surface area contributed by atoms with Gasteiger partial charge in [0, 0.05) is 44.8 Å². The lowest BCUT2D eigenvalue weighted by atomic mass is 9.93. The van der Waals surface area contributed by atoms with Crippen molar-refractivity contribution in [3.05, 3.63) is 36.4 Å². The van der Waals surface area contributed by atoms with Gasteiger partial charge in [0.15, 0.2) is 0 Å². The predicted molar refractivity (Wildman–Crippen MR) is 93.3 cm³/mol. The van der Waals surface area contributed by atoms with E-state index in [0.717, 1.165) is 19.6 Å². The van der Waals surface area contributed by atoms with Gasteiger partial charge in [0.1, 0.15) is 5.82 Å². The Kier molecular flexibility index (Phi) is 4.18. The smallest absolute Gasteiger partial charge is 0.122 e. The highest BCUT2D eigenvalue weighted by Crippen LogP contribution is 2.56. The average Bonchev–Trinajstić information content (AvgIpc) is 2.94. The van der Waals surface area contributed by atoms with Gasteiger partial charge in [0.2, 0.25) is 0 Å². The Balaban J connectivity index is 1.54. The van der Waals surface area contributed by atoms with Crippen LogP contribution < -0.4 is 5.32 Å². The zero-order chi connectivity index (χ0) is 16.6. The topological polar surface area (TPSA) is 50.9 Å². The monoisotopic (exact) mass is 328 g/mol. The van der Waals surface area contributed by atoms with E-state index in [4.69, 9.17) is 0 Å². The highest BCUT2D eigenvalue weighted by molar-refractivity contribution is 5.12. The maximum Gasteiger partial charge on any atom is 0.122 e. The summed E-state index contributed by atoms with van der Waals surface area (Å²) in [5.41, 5.74) is 1.81. The Morgan fingerprint density at radius 3 is 2.88 bits per heavy atom. The first-order valence-electron chi connectivity index (χ1n) is 9.12.